The van der Waals surface area contributed by atoms with E-state index in [-0.39, 0.29) is 22.2 Å². The van der Waals surface area contributed by atoms with Crippen LogP contribution in [-0.2, 0) is 6.61 Å². The molecule has 0 aliphatic carbocycles. The van der Waals surface area contributed by atoms with Crippen LogP contribution in [0.5, 0.6) is 5.75 Å². The van der Waals surface area contributed by atoms with Crippen LogP contribution in [0.15, 0.2) is 47.6 Å². The molecule has 2 aromatic rings. The highest BCUT2D eigenvalue weighted by Crippen LogP contribution is 2.34. The number of benzene rings is 2. The zero-order valence-electron chi connectivity index (χ0n) is 15.0. The average Bonchev–Trinajstić information content (AvgIpc) is 3.06. The number of amides is 1. The van der Waals surface area contributed by atoms with E-state index in [1.165, 1.54) is 24.3 Å². The molecule has 1 amide bonds. The highest BCUT2D eigenvalue weighted by atomic mass is 35.5. The molecule has 0 radical (unpaired) electrons. The number of rotatable bonds is 6. The monoisotopic (exact) mass is 464 g/mol. The molecule has 2 aromatic carbocycles. The van der Waals surface area contributed by atoms with Crippen molar-refractivity contribution in [2.75, 3.05) is 0 Å². The molecule has 0 saturated carbocycles. The van der Waals surface area contributed by atoms with E-state index >= 15 is 0 Å². The van der Waals surface area contributed by atoms with Gasteiger partial charge in [0.1, 0.15) is 18.1 Å². The lowest BCUT2D eigenvalue weighted by Crippen LogP contribution is -2.51. The fourth-order valence-electron chi connectivity index (χ4n) is 2.77. The van der Waals surface area contributed by atoms with E-state index in [1.807, 2.05) is 0 Å². The maximum atomic E-state index is 13.3. The number of halogens is 6. The van der Waals surface area contributed by atoms with E-state index < -0.39 is 36.6 Å². The third kappa shape index (κ3) is 4.53. The van der Waals surface area contributed by atoms with Crippen LogP contribution in [0, 0.1) is 0 Å². The van der Waals surface area contributed by atoms with Gasteiger partial charge in [0.05, 0.1) is 5.02 Å². The van der Waals surface area contributed by atoms with E-state index in [4.69, 9.17) is 27.9 Å². The molecule has 1 N–H and O–H groups in total. The number of carbonyl (C=O) groups is 1. The first-order valence-corrected chi connectivity index (χ1v) is 9.25. The Bertz CT molecular complexity index is 990. The summed E-state index contributed by atoms with van der Waals surface area (Å²) < 4.78 is 58.0. The molecule has 3 rings (SSSR count). The number of nitrogens with zero attached hydrogens (tertiary/aromatic N) is 2. The summed E-state index contributed by atoms with van der Waals surface area (Å²) in [6.07, 6.45) is -7.83. The van der Waals surface area contributed by atoms with Crippen LogP contribution in [0.25, 0.3) is 0 Å². The molecular weight excluding hydrogens is 451 g/mol. The predicted octanol–water partition coefficient (Wildman–Crippen LogP) is 4.99. The molecule has 0 spiro atoms. The van der Waals surface area contributed by atoms with Crippen LogP contribution < -0.4 is 4.74 Å². The molecule has 5 nitrogen and oxygen atoms in total. The second-order valence-electron chi connectivity index (χ2n) is 6.43. The smallest absolute Gasteiger partial charge is 0.287 e. The molecule has 30 heavy (non-hydrogen) atoms. The molecule has 0 fully saturated rings. The number of ether oxygens (including phenoxy) is 1. The van der Waals surface area contributed by atoms with Crippen molar-refractivity contribution in [3.8, 4) is 5.75 Å². The fraction of sp³-hybridized carbons (Fsp3) is 0.263. The van der Waals surface area contributed by atoms with Crippen molar-refractivity contribution < 1.29 is 32.2 Å². The fourth-order valence-corrected chi connectivity index (χ4v) is 3.24. The minimum Gasteiger partial charge on any atom is -0.487 e. The van der Waals surface area contributed by atoms with E-state index in [1.54, 1.807) is 18.2 Å². The van der Waals surface area contributed by atoms with Crippen LogP contribution in [0.1, 0.15) is 22.3 Å². The highest BCUT2D eigenvalue weighted by Gasteiger charge is 2.53. The third-order valence-corrected chi connectivity index (χ3v) is 4.82. The first kappa shape index (κ1) is 22.3. The van der Waals surface area contributed by atoms with Gasteiger partial charge in [-0.15, -0.1) is 0 Å². The van der Waals surface area contributed by atoms with Crippen molar-refractivity contribution in [1.82, 2.24) is 5.01 Å². The summed E-state index contributed by atoms with van der Waals surface area (Å²) in [5.74, 6) is -0.824. The summed E-state index contributed by atoms with van der Waals surface area (Å²) in [4.78, 5) is 12.7. The van der Waals surface area contributed by atoms with E-state index in [9.17, 15) is 27.5 Å². The molecule has 1 heterocycles. The zero-order valence-corrected chi connectivity index (χ0v) is 16.5. The van der Waals surface area contributed by atoms with Gasteiger partial charge in [-0.1, -0.05) is 35.3 Å². The molecule has 160 valence electrons. The lowest BCUT2D eigenvalue weighted by molar-refractivity contribution is -0.164. The highest BCUT2D eigenvalue weighted by molar-refractivity contribution is 6.35. The van der Waals surface area contributed by atoms with Crippen LogP contribution in [0.4, 0.5) is 17.6 Å². The first-order chi connectivity index (χ1) is 14.1. The maximum absolute atomic E-state index is 13.3. The van der Waals surface area contributed by atoms with Gasteiger partial charge < -0.3 is 9.84 Å². The summed E-state index contributed by atoms with van der Waals surface area (Å²) in [7, 11) is 0. The van der Waals surface area contributed by atoms with Gasteiger partial charge in [-0.3, -0.25) is 4.79 Å². The molecule has 0 aromatic heterocycles. The molecule has 0 bridgehead atoms. The molecule has 1 aliphatic heterocycles. The zero-order chi connectivity index (χ0) is 22.1. The Balaban J connectivity index is 1.81. The third-order valence-electron chi connectivity index (χ3n) is 4.29. The van der Waals surface area contributed by atoms with Gasteiger partial charge in [-0.25, -0.2) is 17.6 Å². The molecular formula is C19H14Cl2F4N2O3. The van der Waals surface area contributed by atoms with Gasteiger partial charge in [0, 0.05) is 17.0 Å². The normalized spacial score (nSPS) is 18.8. The SMILES string of the molecule is O=C(c1cccc(COc2ccc(Cl)cc2Cl)c1)N1N=C(C(F)F)C[C@@]1(O)C(F)F. The van der Waals surface area contributed by atoms with Crippen molar-refractivity contribution in [2.45, 2.75) is 31.6 Å². The second kappa shape index (κ2) is 8.79. The van der Waals surface area contributed by atoms with Crippen LogP contribution >= 0.6 is 23.2 Å². The molecule has 1 aliphatic rings. The number of hydrogen-bond donors (Lipinski definition) is 1. The lowest BCUT2D eigenvalue weighted by Gasteiger charge is -2.30. The van der Waals surface area contributed by atoms with E-state index in [2.05, 4.69) is 5.10 Å². The van der Waals surface area contributed by atoms with Crippen LogP contribution in [0.3, 0.4) is 0 Å². The Kier molecular flexibility index (Phi) is 6.54. The summed E-state index contributed by atoms with van der Waals surface area (Å²) in [5.41, 5.74) is -3.82. The number of aliphatic hydroxyl groups is 1. The largest absolute Gasteiger partial charge is 0.487 e. The van der Waals surface area contributed by atoms with E-state index in [0.29, 0.717) is 16.3 Å². The molecule has 0 saturated heterocycles. The van der Waals surface area contributed by atoms with Crippen LogP contribution in [-0.4, -0.2) is 40.3 Å². The van der Waals surface area contributed by atoms with Crippen molar-refractivity contribution in [3.63, 3.8) is 0 Å². The van der Waals surface area contributed by atoms with Gasteiger partial charge in [-0.2, -0.15) is 10.1 Å². The maximum Gasteiger partial charge on any atom is 0.287 e. The Morgan fingerprint density at radius 2 is 1.93 bits per heavy atom. The molecule has 11 heteroatoms. The Labute approximate surface area is 178 Å². The predicted molar refractivity (Wildman–Crippen MR) is 102 cm³/mol. The summed E-state index contributed by atoms with van der Waals surface area (Å²) >= 11 is 11.8. The van der Waals surface area contributed by atoms with Gasteiger partial charge >= 0.3 is 0 Å². The van der Waals surface area contributed by atoms with E-state index in [0.717, 1.165) is 0 Å². The minimum atomic E-state index is -3.50. The lowest BCUT2D eigenvalue weighted by atomic mass is 10.1. The molecule has 1 atom stereocenters. The summed E-state index contributed by atoms with van der Waals surface area (Å²) in [6, 6.07) is 10.2. The standard InChI is InChI=1S/C19H14Cl2F4N2O3/c20-12-4-5-15(13(21)7-12)30-9-10-2-1-3-11(6-10)17(28)27-19(29,18(24)25)8-14(26-27)16(22)23/h1-7,16,18,29H,8-9H2/t19-/m1/s1. The quantitative estimate of drug-likeness (QED) is 0.612. The van der Waals surface area contributed by atoms with Crippen molar-refractivity contribution in [3.05, 3.63) is 63.6 Å². The summed E-state index contributed by atoms with van der Waals surface area (Å²) in [5, 5.41) is 14.0. The van der Waals surface area contributed by atoms with Gasteiger partial charge in [0.25, 0.3) is 18.8 Å². The average molecular weight is 465 g/mol. The number of hydrazone groups is 1. The Hall–Kier alpha value is -2.36. The van der Waals surface area contributed by atoms with Crippen molar-refractivity contribution in [2.24, 2.45) is 5.10 Å². The van der Waals surface area contributed by atoms with Gasteiger partial charge in [-0.05, 0) is 35.9 Å². The Morgan fingerprint density at radius 3 is 2.57 bits per heavy atom. The number of alkyl halides is 4. The van der Waals surface area contributed by atoms with Gasteiger partial charge in [0.15, 0.2) is 0 Å². The molecule has 0 unspecified atom stereocenters. The summed E-state index contributed by atoms with van der Waals surface area (Å²) in [6.45, 7) is -0.0346. The first-order valence-electron chi connectivity index (χ1n) is 8.49. The van der Waals surface area contributed by atoms with Gasteiger partial charge in [0.2, 0.25) is 5.72 Å². The topological polar surface area (TPSA) is 62.1 Å². The number of hydrogen-bond acceptors (Lipinski definition) is 4. The van der Waals surface area contributed by atoms with Crippen molar-refractivity contribution in [1.29, 1.82) is 0 Å². The second-order valence-corrected chi connectivity index (χ2v) is 7.27. The Morgan fingerprint density at radius 1 is 1.20 bits per heavy atom. The number of carbonyl (C=O) groups excluding carboxylic acids is 1. The van der Waals surface area contributed by atoms with Crippen molar-refractivity contribution >= 4 is 34.8 Å². The van der Waals surface area contributed by atoms with Crippen LogP contribution in [0.2, 0.25) is 10.0 Å². The minimum absolute atomic E-state index is 0.00912.